The van der Waals surface area contributed by atoms with E-state index in [1.807, 2.05) is 42.5 Å². The summed E-state index contributed by atoms with van der Waals surface area (Å²) in [6, 6.07) is 16.9. The predicted molar refractivity (Wildman–Crippen MR) is 121 cm³/mol. The Balaban J connectivity index is 1.68. The van der Waals surface area contributed by atoms with Gasteiger partial charge in [-0.2, -0.15) is 0 Å². The summed E-state index contributed by atoms with van der Waals surface area (Å²) in [7, 11) is 0. The van der Waals surface area contributed by atoms with Crippen LogP contribution in [-0.4, -0.2) is 43.8 Å². The Labute approximate surface area is 187 Å². The summed E-state index contributed by atoms with van der Waals surface area (Å²) < 4.78 is 7.95. The van der Waals surface area contributed by atoms with Gasteiger partial charge in [-0.05, 0) is 24.3 Å². The van der Waals surface area contributed by atoms with Crippen molar-refractivity contribution in [2.75, 3.05) is 18.9 Å². The van der Waals surface area contributed by atoms with Crippen LogP contribution in [0.2, 0.25) is 10.0 Å². The van der Waals surface area contributed by atoms with Crippen molar-refractivity contribution in [2.45, 2.75) is 0 Å². The van der Waals surface area contributed by atoms with Crippen LogP contribution < -0.4 is 4.74 Å². The van der Waals surface area contributed by atoms with Gasteiger partial charge >= 0.3 is 0 Å². The molecule has 1 aliphatic heterocycles. The SMILES string of the molecule is O=C(COc1nn(-c2ccccc2)c(-c2cccc(Cl)c2)c1Cl)N1CCSC1=S. The molecule has 3 aromatic rings. The summed E-state index contributed by atoms with van der Waals surface area (Å²) in [5.41, 5.74) is 2.23. The Kier molecular flexibility index (Phi) is 6.10. The van der Waals surface area contributed by atoms with Crippen LogP contribution >= 0.6 is 47.2 Å². The highest BCUT2D eigenvalue weighted by Crippen LogP contribution is 2.38. The fourth-order valence-electron chi connectivity index (χ4n) is 2.94. The molecule has 2 aromatic carbocycles. The van der Waals surface area contributed by atoms with Crippen LogP contribution in [0.3, 0.4) is 0 Å². The molecule has 1 amide bonds. The molecule has 0 bridgehead atoms. The van der Waals surface area contributed by atoms with Gasteiger partial charge in [-0.3, -0.25) is 9.69 Å². The Bertz CT molecular complexity index is 1070. The smallest absolute Gasteiger partial charge is 0.266 e. The van der Waals surface area contributed by atoms with Crippen LogP contribution in [0.15, 0.2) is 54.6 Å². The van der Waals surface area contributed by atoms with Gasteiger partial charge in [0.25, 0.3) is 11.8 Å². The van der Waals surface area contributed by atoms with Gasteiger partial charge in [-0.1, -0.05) is 77.5 Å². The van der Waals surface area contributed by atoms with E-state index in [2.05, 4.69) is 5.10 Å². The zero-order chi connectivity index (χ0) is 20.4. The Hall–Kier alpha value is -2.06. The van der Waals surface area contributed by atoms with Crippen molar-refractivity contribution < 1.29 is 9.53 Å². The molecule has 0 atom stereocenters. The van der Waals surface area contributed by atoms with Crippen LogP contribution in [0.5, 0.6) is 5.88 Å². The summed E-state index contributed by atoms with van der Waals surface area (Å²) in [4.78, 5) is 14.0. The number of ether oxygens (including phenoxy) is 1. The molecule has 0 aliphatic carbocycles. The quantitative estimate of drug-likeness (QED) is 0.493. The van der Waals surface area contributed by atoms with Gasteiger partial charge in [-0.15, -0.1) is 5.10 Å². The number of amides is 1. The molecule has 148 valence electrons. The maximum atomic E-state index is 12.4. The van der Waals surface area contributed by atoms with E-state index in [-0.39, 0.29) is 18.4 Å². The number of halogens is 2. The van der Waals surface area contributed by atoms with Gasteiger partial charge in [0, 0.05) is 22.9 Å². The molecular weight excluding hydrogens is 449 g/mol. The minimum absolute atomic E-state index is 0.177. The number of para-hydroxylation sites is 1. The maximum absolute atomic E-state index is 12.4. The number of rotatable bonds is 5. The lowest BCUT2D eigenvalue weighted by atomic mass is 10.1. The fourth-order valence-corrected chi connectivity index (χ4v) is 4.65. The van der Waals surface area contributed by atoms with Crippen molar-refractivity contribution in [3.05, 3.63) is 64.6 Å². The van der Waals surface area contributed by atoms with E-state index in [9.17, 15) is 4.79 Å². The first-order valence-corrected chi connectivity index (χ1v) is 10.9. The van der Waals surface area contributed by atoms with Crippen LogP contribution in [0.1, 0.15) is 0 Å². The number of carbonyl (C=O) groups excluding carboxylic acids is 1. The lowest BCUT2D eigenvalue weighted by Gasteiger charge is -2.14. The first-order valence-electron chi connectivity index (χ1n) is 8.74. The van der Waals surface area contributed by atoms with Gasteiger partial charge in [0.15, 0.2) is 6.61 Å². The summed E-state index contributed by atoms with van der Waals surface area (Å²) in [5, 5.41) is 5.40. The highest BCUT2D eigenvalue weighted by molar-refractivity contribution is 8.23. The third kappa shape index (κ3) is 4.28. The molecule has 0 radical (unpaired) electrons. The molecule has 1 saturated heterocycles. The lowest BCUT2D eigenvalue weighted by Crippen LogP contribution is -2.34. The standard InChI is InChI=1S/C20H15Cl2N3O2S2/c21-14-6-4-5-13(11-14)18-17(22)19(23-25(18)15-7-2-1-3-8-15)27-12-16(26)24-9-10-29-20(24)28/h1-8,11H,9-10,12H2. The molecular formula is C20H15Cl2N3O2S2. The minimum atomic E-state index is -0.213. The molecule has 0 spiro atoms. The van der Waals surface area contributed by atoms with E-state index in [1.165, 1.54) is 11.8 Å². The van der Waals surface area contributed by atoms with Crippen LogP contribution in [0, 0.1) is 0 Å². The summed E-state index contributed by atoms with van der Waals surface area (Å²) >= 11 is 19.5. The van der Waals surface area contributed by atoms with E-state index < -0.39 is 0 Å². The average Bonchev–Trinajstić information content (AvgIpc) is 3.30. The zero-order valence-electron chi connectivity index (χ0n) is 15.0. The number of carbonyl (C=O) groups is 1. The van der Waals surface area contributed by atoms with Crippen molar-refractivity contribution in [3.63, 3.8) is 0 Å². The number of nitrogens with zero attached hydrogens (tertiary/aromatic N) is 3. The van der Waals surface area contributed by atoms with E-state index in [0.29, 0.717) is 26.6 Å². The van der Waals surface area contributed by atoms with E-state index in [0.717, 1.165) is 17.0 Å². The molecule has 2 heterocycles. The number of benzene rings is 2. The first-order chi connectivity index (χ1) is 14.0. The van der Waals surface area contributed by atoms with Gasteiger partial charge in [0.05, 0.1) is 11.4 Å². The Morgan fingerprint density at radius 3 is 2.66 bits per heavy atom. The van der Waals surface area contributed by atoms with Crippen molar-refractivity contribution in [3.8, 4) is 22.8 Å². The molecule has 9 heteroatoms. The second-order valence-electron chi connectivity index (χ2n) is 6.17. The Morgan fingerprint density at radius 2 is 1.97 bits per heavy atom. The second kappa shape index (κ2) is 8.75. The third-order valence-electron chi connectivity index (χ3n) is 4.29. The fraction of sp³-hybridized carbons (Fsp3) is 0.150. The van der Waals surface area contributed by atoms with Gasteiger partial charge < -0.3 is 4.74 Å². The maximum Gasteiger partial charge on any atom is 0.266 e. The topological polar surface area (TPSA) is 47.4 Å². The second-order valence-corrected chi connectivity index (χ2v) is 8.72. The number of hydrogen-bond donors (Lipinski definition) is 0. The number of thioether (sulfide) groups is 1. The van der Waals surface area contributed by atoms with E-state index in [1.54, 1.807) is 21.7 Å². The molecule has 1 aromatic heterocycles. The number of thiocarbonyl (C=S) groups is 1. The molecule has 1 aliphatic rings. The molecule has 1 fully saturated rings. The average molecular weight is 464 g/mol. The molecule has 4 rings (SSSR count). The van der Waals surface area contributed by atoms with Crippen molar-refractivity contribution in [2.24, 2.45) is 0 Å². The van der Waals surface area contributed by atoms with Crippen LogP contribution in [0.25, 0.3) is 16.9 Å². The zero-order valence-corrected chi connectivity index (χ0v) is 18.2. The van der Waals surface area contributed by atoms with Crippen molar-refractivity contribution in [1.82, 2.24) is 14.7 Å². The van der Waals surface area contributed by atoms with Gasteiger partial charge in [0.2, 0.25) is 0 Å². The first kappa shape index (κ1) is 20.2. The summed E-state index contributed by atoms with van der Waals surface area (Å²) in [5.74, 6) is 0.763. The lowest BCUT2D eigenvalue weighted by molar-refractivity contribution is -0.129. The van der Waals surface area contributed by atoms with Crippen LogP contribution in [-0.2, 0) is 4.79 Å². The van der Waals surface area contributed by atoms with Gasteiger partial charge in [-0.25, -0.2) is 4.68 Å². The summed E-state index contributed by atoms with van der Waals surface area (Å²) in [6.07, 6.45) is 0. The monoisotopic (exact) mass is 463 g/mol. The minimum Gasteiger partial charge on any atom is -0.465 e. The number of hydrogen-bond acceptors (Lipinski definition) is 5. The third-order valence-corrected chi connectivity index (χ3v) is 6.30. The normalized spacial score (nSPS) is 13.7. The Morgan fingerprint density at radius 1 is 1.17 bits per heavy atom. The van der Waals surface area contributed by atoms with Crippen molar-refractivity contribution in [1.29, 1.82) is 0 Å². The molecule has 5 nitrogen and oxygen atoms in total. The largest absolute Gasteiger partial charge is 0.465 e. The molecule has 29 heavy (non-hydrogen) atoms. The molecule has 0 N–H and O–H groups in total. The van der Waals surface area contributed by atoms with Gasteiger partial charge in [0.1, 0.15) is 9.34 Å². The highest BCUT2D eigenvalue weighted by atomic mass is 35.5. The van der Waals surface area contributed by atoms with E-state index >= 15 is 0 Å². The highest BCUT2D eigenvalue weighted by Gasteiger charge is 2.26. The number of aromatic nitrogens is 2. The predicted octanol–water partition coefficient (Wildman–Crippen LogP) is 5.09. The van der Waals surface area contributed by atoms with Crippen molar-refractivity contribution >= 4 is 57.4 Å². The summed E-state index contributed by atoms with van der Waals surface area (Å²) in [6.45, 7) is 0.396. The molecule has 0 unspecified atom stereocenters. The molecule has 0 saturated carbocycles. The van der Waals surface area contributed by atoms with Crippen LogP contribution in [0.4, 0.5) is 0 Å². The van der Waals surface area contributed by atoms with E-state index in [4.69, 9.17) is 40.2 Å².